The van der Waals surface area contributed by atoms with Gasteiger partial charge in [-0.25, -0.2) is 0 Å². The number of nitrogens with two attached hydrogens (primary N) is 1. The summed E-state index contributed by atoms with van der Waals surface area (Å²) in [6.45, 7) is 1.61. The number of rotatable bonds is 4. The molecule has 112 valence electrons. The summed E-state index contributed by atoms with van der Waals surface area (Å²) in [5, 5.41) is 9.18. The first-order chi connectivity index (χ1) is 9.10. The van der Waals surface area contributed by atoms with Crippen molar-refractivity contribution in [2.75, 3.05) is 19.3 Å². The number of anilines is 1. The van der Waals surface area contributed by atoms with E-state index in [1.165, 1.54) is 24.9 Å². The number of ether oxygens (including phenoxy) is 1. The molecule has 0 aromatic heterocycles. The number of alkyl halides is 3. The molecular formula is C12H15F3N2O3. The number of benzene rings is 1. The second-order valence-electron chi connectivity index (χ2n) is 4.34. The molecule has 1 rings (SSSR count). The van der Waals surface area contributed by atoms with Crippen molar-refractivity contribution in [2.45, 2.75) is 19.4 Å². The summed E-state index contributed by atoms with van der Waals surface area (Å²) in [5.74, 6) is -1.02. The van der Waals surface area contributed by atoms with E-state index in [-0.39, 0.29) is 17.8 Å². The van der Waals surface area contributed by atoms with Gasteiger partial charge in [0.2, 0.25) is 0 Å². The Morgan fingerprint density at radius 3 is 2.55 bits per heavy atom. The van der Waals surface area contributed by atoms with Gasteiger partial charge in [-0.1, -0.05) is 0 Å². The number of hydrogen-bond acceptors (Lipinski definition) is 4. The van der Waals surface area contributed by atoms with Crippen LogP contribution in [-0.4, -0.2) is 42.0 Å². The second kappa shape index (κ2) is 6.00. The molecule has 0 aliphatic rings. The largest absolute Gasteiger partial charge is 0.573 e. The van der Waals surface area contributed by atoms with E-state index in [0.717, 1.165) is 12.1 Å². The second-order valence-corrected chi connectivity index (χ2v) is 4.34. The fourth-order valence-electron chi connectivity index (χ4n) is 1.60. The third kappa shape index (κ3) is 4.61. The number of aliphatic hydroxyl groups is 1. The van der Waals surface area contributed by atoms with Gasteiger partial charge in [0, 0.05) is 19.2 Å². The van der Waals surface area contributed by atoms with Crippen LogP contribution in [0.1, 0.15) is 17.3 Å². The SMILES string of the molecule is CC(O)CN(C)C(=O)c1ccc(OC(F)(F)F)c(N)c1. The van der Waals surface area contributed by atoms with E-state index in [9.17, 15) is 23.1 Å². The van der Waals surface area contributed by atoms with E-state index in [0.29, 0.717) is 0 Å². The van der Waals surface area contributed by atoms with Gasteiger partial charge in [0.1, 0.15) is 0 Å². The van der Waals surface area contributed by atoms with E-state index in [1.807, 2.05) is 0 Å². The summed E-state index contributed by atoms with van der Waals surface area (Å²) in [6, 6.07) is 3.26. The van der Waals surface area contributed by atoms with Crippen molar-refractivity contribution in [3.8, 4) is 5.75 Å². The van der Waals surface area contributed by atoms with Crippen LogP contribution in [-0.2, 0) is 0 Å². The fourth-order valence-corrected chi connectivity index (χ4v) is 1.60. The maximum Gasteiger partial charge on any atom is 0.573 e. The van der Waals surface area contributed by atoms with Crippen LogP contribution in [0.3, 0.4) is 0 Å². The van der Waals surface area contributed by atoms with Crippen molar-refractivity contribution < 1.29 is 27.8 Å². The lowest BCUT2D eigenvalue weighted by atomic mass is 10.1. The number of nitrogen functional groups attached to an aromatic ring is 1. The monoisotopic (exact) mass is 292 g/mol. The van der Waals surface area contributed by atoms with Gasteiger partial charge in [-0.15, -0.1) is 13.2 Å². The van der Waals surface area contributed by atoms with E-state index in [1.54, 1.807) is 0 Å². The van der Waals surface area contributed by atoms with Crippen molar-refractivity contribution in [1.29, 1.82) is 0 Å². The van der Waals surface area contributed by atoms with Crippen LogP contribution in [0, 0.1) is 0 Å². The van der Waals surface area contributed by atoms with Gasteiger partial charge in [-0.2, -0.15) is 0 Å². The molecule has 0 saturated heterocycles. The van der Waals surface area contributed by atoms with Crippen molar-refractivity contribution in [3.05, 3.63) is 23.8 Å². The molecule has 0 spiro atoms. The van der Waals surface area contributed by atoms with Crippen molar-refractivity contribution in [1.82, 2.24) is 4.90 Å². The van der Waals surface area contributed by atoms with Crippen LogP contribution in [0.4, 0.5) is 18.9 Å². The molecule has 0 heterocycles. The first kappa shape index (κ1) is 16.1. The molecule has 1 aromatic carbocycles. The van der Waals surface area contributed by atoms with Crippen molar-refractivity contribution in [2.24, 2.45) is 0 Å². The molecule has 0 radical (unpaired) electrons. The van der Waals surface area contributed by atoms with Gasteiger partial charge in [0.05, 0.1) is 11.8 Å². The quantitative estimate of drug-likeness (QED) is 0.827. The van der Waals surface area contributed by atoms with Crippen LogP contribution in [0.25, 0.3) is 0 Å². The van der Waals surface area contributed by atoms with E-state index in [4.69, 9.17) is 5.73 Å². The van der Waals surface area contributed by atoms with E-state index < -0.39 is 24.1 Å². The lowest BCUT2D eigenvalue weighted by Crippen LogP contribution is -2.33. The number of hydrogen-bond donors (Lipinski definition) is 2. The lowest BCUT2D eigenvalue weighted by molar-refractivity contribution is -0.274. The standard InChI is InChI=1S/C12H15F3N2O3/c1-7(18)6-17(2)11(19)8-3-4-10(9(16)5-8)20-12(13,14)15/h3-5,7,18H,6,16H2,1-2H3. The average Bonchev–Trinajstić information content (AvgIpc) is 2.28. The van der Waals surface area contributed by atoms with Gasteiger partial charge in [-0.3, -0.25) is 4.79 Å². The molecule has 1 aromatic rings. The van der Waals surface area contributed by atoms with Crippen LogP contribution in [0.2, 0.25) is 0 Å². The smallest absolute Gasteiger partial charge is 0.404 e. The molecule has 20 heavy (non-hydrogen) atoms. The van der Waals surface area contributed by atoms with Crippen LogP contribution in [0.5, 0.6) is 5.75 Å². The Balaban J connectivity index is 2.89. The molecular weight excluding hydrogens is 277 g/mol. The number of carbonyl (C=O) groups excluding carboxylic acids is 1. The summed E-state index contributed by atoms with van der Waals surface area (Å²) in [5.41, 5.74) is 5.24. The summed E-state index contributed by atoms with van der Waals surface area (Å²) in [7, 11) is 1.46. The van der Waals surface area contributed by atoms with E-state index in [2.05, 4.69) is 4.74 Å². The Kier molecular flexibility index (Phi) is 4.83. The van der Waals surface area contributed by atoms with Crippen LogP contribution in [0.15, 0.2) is 18.2 Å². The Morgan fingerprint density at radius 1 is 1.50 bits per heavy atom. The highest BCUT2D eigenvalue weighted by Gasteiger charge is 2.32. The summed E-state index contributed by atoms with van der Waals surface area (Å²) in [4.78, 5) is 13.2. The predicted octanol–water partition coefficient (Wildman–Crippen LogP) is 1.62. The number of amides is 1. The number of carbonyl (C=O) groups is 1. The minimum Gasteiger partial charge on any atom is -0.404 e. The number of nitrogens with zero attached hydrogens (tertiary/aromatic N) is 1. The van der Waals surface area contributed by atoms with Crippen LogP contribution < -0.4 is 10.5 Å². The zero-order valence-electron chi connectivity index (χ0n) is 10.9. The maximum absolute atomic E-state index is 12.1. The molecule has 1 unspecified atom stereocenters. The van der Waals surface area contributed by atoms with Gasteiger partial charge in [0.25, 0.3) is 5.91 Å². The summed E-state index contributed by atoms with van der Waals surface area (Å²) in [6.07, 6.45) is -5.56. The summed E-state index contributed by atoms with van der Waals surface area (Å²) >= 11 is 0. The fraction of sp³-hybridized carbons (Fsp3) is 0.417. The molecule has 0 fully saturated rings. The van der Waals surface area contributed by atoms with Gasteiger partial charge in [-0.05, 0) is 25.1 Å². The zero-order valence-corrected chi connectivity index (χ0v) is 10.9. The molecule has 0 aliphatic carbocycles. The van der Waals surface area contributed by atoms with Gasteiger partial charge >= 0.3 is 6.36 Å². The molecule has 0 bridgehead atoms. The van der Waals surface area contributed by atoms with E-state index >= 15 is 0 Å². The highest BCUT2D eigenvalue weighted by Crippen LogP contribution is 2.29. The summed E-state index contributed by atoms with van der Waals surface area (Å²) < 4.78 is 39.9. The number of likely N-dealkylation sites (N-methyl/N-ethyl adjacent to an activating group) is 1. The molecule has 3 N–H and O–H groups in total. The molecule has 1 atom stereocenters. The first-order valence-corrected chi connectivity index (χ1v) is 5.69. The normalized spacial score (nSPS) is 12.9. The maximum atomic E-state index is 12.1. The molecule has 5 nitrogen and oxygen atoms in total. The zero-order chi connectivity index (χ0) is 15.5. The Morgan fingerprint density at radius 2 is 2.10 bits per heavy atom. The minimum absolute atomic E-state index is 0.0968. The van der Waals surface area contributed by atoms with Crippen molar-refractivity contribution >= 4 is 11.6 Å². The topological polar surface area (TPSA) is 75.8 Å². The number of aliphatic hydroxyl groups excluding tert-OH is 1. The number of halogens is 3. The van der Waals surface area contributed by atoms with Crippen molar-refractivity contribution in [3.63, 3.8) is 0 Å². The average molecular weight is 292 g/mol. The Bertz CT molecular complexity index is 489. The first-order valence-electron chi connectivity index (χ1n) is 5.69. The lowest BCUT2D eigenvalue weighted by Gasteiger charge is -2.19. The molecule has 8 heteroatoms. The third-order valence-corrected chi connectivity index (χ3v) is 2.37. The van der Waals surface area contributed by atoms with Crippen LogP contribution >= 0.6 is 0 Å². The molecule has 0 saturated carbocycles. The van der Waals surface area contributed by atoms with Gasteiger partial charge < -0.3 is 20.5 Å². The predicted molar refractivity (Wildman–Crippen MR) is 66.2 cm³/mol. The minimum atomic E-state index is -4.84. The Hall–Kier alpha value is -1.96. The third-order valence-electron chi connectivity index (χ3n) is 2.37. The van der Waals surface area contributed by atoms with Gasteiger partial charge in [0.15, 0.2) is 5.75 Å². The highest BCUT2D eigenvalue weighted by molar-refractivity contribution is 5.95. The molecule has 1 amide bonds. The Labute approximate surface area is 113 Å². The highest BCUT2D eigenvalue weighted by atomic mass is 19.4. The molecule has 0 aliphatic heterocycles.